The van der Waals surface area contributed by atoms with Gasteiger partial charge >= 0.3 is 0 Å². The van der Waals surface area contributed by atoms with E-state index in [4.69, 9.17) is 4.74 Å². The van der Waals surface area contributed by atoms with Crippen molar-refractivity contribution in [3.8, 4) is 0 Å². The van der Waals surface area contributed by atoms with Gasteiger partial charge in [-0.25, -0.2) is 13.8 Å². The van der Waals surface area contributed by atoms with Gasteiger partial charge in [0.2, 0.25) is 0 Å². The van der Waals surface area contributed by atoms with E-state index in [1.807, 2.05) is 6.92 Å². The van der Waals surface area contributed by atoms with Gasteiger partial charge in [-0.1, -0.05) is 6.92 Å². The molecule has 6 heteroatoms. The molecule has 0 saturated carbocycles. The quantitative estimate of drug-likeness (QED) is 0.673. The summed E-state index contributed by atoms with van der Waals surface area (Å²) in [6.07, 6.45) is 0.216. The van der Waals surface area contributed by atoms with Crippen molar-refractivity contribution in [1.82, 2.24) is 10.3 Å². The first-order valence-electron chi connectivity index (χ1n) is 7.05. The SMILES string of the molecule is CCCNC(CCOCC(F)F)Cc1nc(C)c(C)s1. The number of rotatable bonds is 10. The van der Waals surface area contributed by atoms with E-state index < -0.39 is 13.0 Å². The molecule has 0 radical (unpaired) electrons. The number of nitrogens with zero attached hydrogens (tertiary/aromatic N) is 1. The highest BCUT2D eigenvalue weighted by molar-refractivity contribution is 7.11. The number of aromatic nitrogens is 1. The third-order valence-electron chi connectivity index (χ3n) is 3.03. The van der Waals surface area contributed by atoms with Crippen LogP contribution in [0.1, 0.15) is 35.3 Å². The number of ether oxygens (including phenoxy) is 1. The Kier molecular flexibility index (Phi) is 8.18. The van der Waals surface area contributed by atoms with E-state index >= 15 is 0 Å². The highest BCUT2D eigenvalue weighted by atomic mass is 32.1. The second kappa shape index (κ2) is 9.37. The summed E-state index contributed by atoms with van der Waals surface area (Å²) in [7, 11) is 0. The van der Waals surface area contributed by atoms with E-state index in [1.165, 1.54) is 4.88 Å². The summed E-state index contributed by atoms with van der Waals surface area (Å²) in [5.74, 6) is 0. The summed E-state index contributed by atoms with van der Waals surface area (Å²) < 4.78 is 29.0. The fourth-order valence-corrected chi connectivity index (χ4v) is 2.87. The molecular formula is C14H24F2N2OS. The lowest BCUT2D eigenvalue weighted by molar-refractivity contribution is 0.0144. The lowest BCUT2D eigenvalue weighted by atomic mass is 10.1. The molecule has 1 N–H and O–H groups in total. The molecule has 0 aromatic carbocycles. The minimum atomic E-state index is -2.39. The molecule has 0 aliphatic heterocycles. The molecule has 1 heterocycles. The second-order valence-electron chi connectivity index (χ2n) is 4.86. The number of hydrogen-bond acceptors (Lipinski definition) is 4. The molecule has 0 bridgehead atoms. The first-order chi connectivity index (χ1) is 9.52. The molecule has 116 valence electrons. The number of thiazole rings is 1. The zero-order chi connectivity index (χ0) is 15.0. The van der Waals surface area contributed by atoms with E-state index in [-0.39, 0.29) is 6.04 Å². The van der Waals surface area contributed by atoms with Crippen molar-refractivity contribution >= 4 is 11.3 Å². The van der Waals surface area contributed by atoms with Gasteiger partial charge < -0.3 is 10.1 Å². The summed E-state index contributed by atoms with van der Waals surface area (Å²) in [4.78, 5) is 5.77. The molecule has 1 unspecified atom stereocenters. The molecular weight excluding hydrogens is 282 g/mol. The van der Waals surface area contributed by atoms with Crippen LogP contribution in [0, 0.1) is 13.8 Å². The van der Waals surface area contributed by atoms with Crippen molar-refractivity contribution < 1.29 is 13.5 Å². The Labute approximate surface area is 123 Å². The lowest BCUT2D eigenvalue weighted by Crippen LogP contribution is -2.33. The highest BCUT2D eigenvalue weighted by Gasteiger charge is 2.13. The molecule has 0 fully saturated rings. The Bertz CT molecular complexity index is 366. The minimum Gasteiger partial charge on any atom is -0.375 e. The largest absolute Gasteiger partial charge is 0.375 e. The molecule has 20 heavy (non-hydrogen) atoms. The van der Waals surface area contributed by atoms with Crippen LogP contribution < -0.4 is 5.32 Å². The number of halogens is 2. The third kappa shape index (κ3) is 6.72. The van der Waals surface area contributed by atoms with E-state index in [2.05, 4.69) is 24.1 Å². The lowest BCUT2D eigenvalue weighted by Gasteiger charge is -2.17. The van der Waals surface area contributed by atoms with E-state index in [1.54, 1.807) is 11.3 Å². The fraction of sp³-hybridized carbons (Fsp3) is 0.786. The molecule has 0 aliphatic rings. The molecule has 1 aromatic heterocycles. The van der Waals surface area contributed by atoms with Gasteiger partial charge in [-0.3, -0.25) is 0 Å². The summed E-state index contributed by atoms with van der Waals surface area (Å²) in [5, 5.41) is 4.53. The van der Waals surface area contributed by atoms with Crippen LogP contribution >= 0.6 is 11.3 Å². The van der Waals surface area contributed by atoms with Gasteiger partial charge in [0.15, 0.2) is 0 Å². The molecule has 1 rings (SSSR count). The zero-order valence-electron chi connectivity index (χ0n) is 12.4. The van der Waals surface area contributed by atoms with Crippen molar-refractivity contribution in [3.63, 3.8) is 0 Å². The van der Waals surface area contributed by atoms with Crippen molar-refractivity contribution in [2.45, 2.75) is 52.5 Å². The van der Waals surface area contributed by atoms with Crippen LogP contribution in [0.15, 0.2) is 0 Å². The number of aryl methyl sites for hydroxylation is 2. The van der Waals surface area contributed by atoms with Crippen LogP contribution in [0.4, 0.5) is 8.78 Å². The van der Waals surface area contributed by atoms with Crippen molar-refractivity contribution in [1.29, 1.82) is 0 Å². The Morgan fingerprint density at radius 3 is 2.65 bits per heavy atom. The first-order valence-corrected chi connectivity index (χ1v) is 7.86. The van der Waals surface area contributed by atoms with E-state index in [9.17, 15) is 8.78 Å². The average molecular weight is 306 g/mol. The summed E-state index contributed by atoms with van der Waals surface area (Å²) in [6.45, 7) is 6.98. The van der Waals surface area contributed by atoms with Gasteiger partial charge in [0, 0.05) is 23.9 Å². The van der Waals surface area contributed by atoms with E-state index in [0.717, 1.165) is 36.5 Å². The number of hydrogen-bond donors (Lipinski definition) is 1. The van der Waals surface area contributed by atoms with Crippen LogP contribution in [0.2, 0.25) is 0 Å². The monoisotopic (exact) mass is 306 g/mol. The van der Waals surface area contributed by atoms with Gasteiger partial charge in [0.05, 0.1) is 10.7 Å². The fourth-order valence-electron chi connectivity index (χ4n) is 1.86. The molecule has 0 amide bonds. The maximum atomic E-state index is 12.0. The van der Waals surface area contributed by atoms with Gasteiger partial charge in [0.1, 0.15) is 6.61 Å². The molecule has 0 saturated heterocycles. The summed E-state index contributed by atoms with van der Waals surface area (Å²) in [6, 6.07) is 0.234. The molecule has 1 aromatic rings. The normalized spacial score (nSPS) is 13.1. The van der Waals surface area contributed by atoms with Crippen molar-refractivity contribution in [3.05, 3.63) is 15.6 Å². The standard InChI is InChI=1S/C14H24F2N2OS/c1-4-6-17-12(5-7-19-9-13(15)16)8-14-18-10(2)11(3)20-14/h12-13,17H,4-9H2,1-3H3. The Morgan fingerprint density at radius 2 is 2.10 bits per heavy atom. The molecule has 0 aliphatic carbocycles. The van der Waals surface area contributed by atoms with Crippen LogP contribution in [-0.4, -0.2) is 37.2 Å². The molecule has 0 spiro atoms. The molecule has 3 nitrogen and oxygen atoms in total. The smallest absolute Gasteiger partial charge is 0.261 e. The number of nitrogens with one attached hydrogen (secondary N) is 1. The predicted octanol–water partition coefficient (Wildman–Crippen LogP) is 3.34. The Balaban J connectivity index is 2.42. The Hall–Kier alpha value is -0.590. The maximum absolute atomic E-state index is 12.0. The maximum Gasteiger partial charge on any atom is 0.261 e. The predicted molar refractivity (Wildman–Crippen MR) is 78.8 cm³/mol. The second-order valence-corrected chi connectivity index (χ2v) is 6.15. The van der Waals surface area contributed by atoms with Crippen LogP contribution in [0.5, 0.6) is 0 Å². The third-order valence-corrected chi connectivity index (χ3v) is 4.13. The van der Waals surface area contributed by atoms with Crippen molar-refractivity contribution in [2.24, 2.45) is 0 Å². The Morgan fingerprint density at radius 1 is 1.35 bits per heavy atom. The molecule has 1 atom stereocenters. The van der Waals surface area contributed by atoms with Gasteiger partial charge in [-0.2, -0.15) is 0 Å². The summed E-state index contributed by atoms with van der Waals surface area (Å²) >= 11 is 1.71. The zero-order valence-corrected chi connectivity index (χ0v) is 13.2. The highest BCUT2D eigenvalue weighted by Crippen LogP contribution is 2.18. The average Bonchev–Trinajstić information content (AvgIpc) is 2.70. The van der Waals surface area contributed by atoms with Crippen LogP contribution in [0.3, 0.4) is 0 Å². The van der Waals surface area contributed by atoms with E-state index in [0.29, 0.717) is 6.61 Å². The summed E-state index contributed by atoms with van der Waals surface area (Å²) in [5.41, 5.74) is 1.08. The van der Waals surface area contributed by atoms with Gasteiger partial charge in [-0.05, 0) is 33.2 Å². The van der Waals surface area contributed by atoms with Gasteiger partial charge in [0.25, 0.3) is 6.43 Å². The van der Waals surface area contributed by atoms with Crippen LogP contribution in [-0.2, 0) is 11.2 Å². The topological polar surface area (TPSA) is 34.1 Å². The minimum absolute atomic E-state index is 0.234. The number of alkyl halides is 2. The first kappa shape index (κ1) is 17.5. The van der Waals surface area contributed by atoms with Crippen molar-refractivity contribution in [2.75, 3.05) is 19.8 Å². The van der Waals surface area contributed by atoms with Gasteiger partial charge in [-0.15, -0.1) is 11.3 Å². The van der Waals surface area contributed by atoms with Crippen LogP contribution in [0.25, 0.3) is 0 Å².